The number of benzene rings is 3. The summed E-state index contributed by atoms with van der Waals surface area (Å²) in [6.07, 6.45) is 3.51. The largest absolute Gasteiger partial charge is 0.493 e. The summed E-state index contributed by atoms with van der Waals surface area (Å²) in [4.78, 5) is 14.3. The van der Waals surface area contributed by atoms with E-state index in [0.29, 0.717) is 17.1 Å². The first kappa shape index (κ1) is 23.6. The Morgan fingerprint density at radius 2 is 1.69 bits per heavy atom. The number of methoxy groups -OCH3 is 2. The molecule has 0 saturated carbocycles. The van der Waals surface area contributed by atoms with Crippen LogP contribution in [0.15, 0.2) is 102 Å². The second-order valence-electron chi connectivity index (χ2n) is 8.51. The highest BCUT2D eigenvalue weighted by Crippen LogP contribution is 2.46. The molecule has 0 amide bonds. The highest BCUT2D eigenvalue weighted by Gasteiger charge is 2.30. The van der Waals surface area contributed by atoms with Crippen molar-refractivity contribution in [1.82, 2.24) is 0 Å². The number of fused-ring (bicyclic) bond motifs is 1. The van der Waals surface area contributed by atoms with Gasteiger partial charge in [0.2, 0.25) is 0 Å². The number of aryl methyl sites for hydroxylation is 1. The maximum atomic E-state index is 13.2. The van der Waals surface area contributed by atoms with Gasteiger partial charge in [0.05, 0.1) is 19.1 Å². The Morgan fingerprint density at radius 3 is 2.42 bits per heavy atom. The zero-order valence-corrected chi connectivity index (χ0v) is 21.2. The Hall–Kier alpha value is -4.09. The van der Waals surface area contributed by atoms with Crippen molar-refractivity contribution < 1.29 is 19.0 Å². The molecule has 0 saturated heterocycles. The first-order chi connectivity index (χ1) is 17.6. The van der Waals surface area contributed by atoms with Gasteiger partial charge in [0, 0.05) is 22.6 Å². The fourth-order valence-electron chi connectivity index (χ4n) is 4.42. The minimum atomic E-state index is -0.129. The number of allylic oxidation sites excluding steroid dienone is 3. The molecule has 0 aliphatic carbocycles. The number of thiophene rings is 1. The van der Waals surface area contributed by atoms with Crippen LogP contribution in [0.1, 0.15) is 37.8 Å². The summed E-state index contributed by atoms with van der Waals surface area (Å²) in [7, 11) is 3.13. The number of carbonyl (C=O) groups is 1. The van der Waals surface area contributed by atoms with E-state index in [1.165, 1.54) is 5.56 Å². The Labute approximate surface area is 215 Å². The van der Waals surface area contributed by atoms with Crippen LogP contribution in [0.3, 0.4) is 0 Å². The molecule has 0 bridgehead atoms. The van der Waals surface area contributed by atoms with Crippen molar-refractivity contribution >= 4 is 22.9 Å². The number of para-hydroxylation sites is 1. The van der Waals surface area contributed by atoms with E-state index in [2.05, 4.69) is 37.3 Å². The zero-order chi connectivity index (χ0) is 25.1. The summed E-state index contributed by atoms with van der Waals surface area (Å²) in [5, 5.41) is 2.03. The molecular weight excluding hydrogens is 468 g/mol. The smallest absolute Gasteiger partial charge is 0.185 e. The number of rotatable bonds is 7. The lowest BCUT2D eigenvalue weighted by Crippen LogP contribution is -2.15. The van der Waals surface area contributed by atoms with Gasteiger partial charge >= 0.3 is 0 Å². The lowest BCUT2D eigenvalue weighted by atomic mass is 9.81. The summed E-state index contributed by atoms with van der Waals surface area (Å²) < 4.78 is 17.2. The molecule has 180 valence electrons. The van der Waals surface area contributed by atoms with Crippen molar-refractivity contribution in [2.45, 2.75) is 12.8 Å². The summed E-state index contributed by atoms with van der Waals surface area (Å²) in [6, 6.07) is 25.9. The first-order valence-corrected chi connectivity index (χ1v) is 12.5. The van der Waals surface area contributed by atoms with Crippen molar-refractivity contribution in [2.75, 3.05) is 14.2 Å². The van der Waals surface area contributed by atoms with Gasteiger partial charge < -0.3 is 14.2 Å². The Kier molecular flexibility index (Phi) is 6.74. The van der Waals surface area contributed by atoms with Crippen molar-refractivity contribution in [3.05, 3.63) is 129 Å². The molecule has 0 spiro atoms. The van der Waals surface area contributed by atoms with Gasteiger partial charge in [-0.25, -0.2) is 0 Å². The molecule has 0 radical (unpaired) electrons. The molecule has 1 aliphatic rings. The van der Waals surface area contributed by atoms with Crippen LogP contribution in [0, 0.1) is 6.92 Å². The van der Waals surface area contributed by atoms with E-state index in [1.54, 1.807) is 49.8 Å². The van der Waals surface area contributed by atoms with Crippen molar-refractivity contribution in [2.24, 2.45) is 0 Å². The standard InChI is InChI=1S/C31H26O4S/c1-20-10-12-21(13-11-20)30-23-7-4-5-8-26(23)35-31(29-9-6-18-36-29)24(30)15-16-25(32)22-14-17-27(33-2)28(19-22)34-3/h4-19,30H,1-3H3. The number of carbonyl (C=O) groups excluding carboxylic acids is 1. The van der Waals surface area contributed by atoms with Gasteiger partial charge in [-0.3, -0.25) is 4.79 Å². The van der Waals surface area contributed by atoms with Gasteiger partial charge in [-0.1, -0.05) is 60.2 Å². The van der Waals surface area contributed by atoms with Gasteiger partial charge in [-0.05, 0) is 54.3 Å². The summed E-state index contributed by atoms with van der Waals surface area (Å²) in [5.74, 6) is 2.48. The van der Waals surface area contributed by atoms with Gasteiger partial charge in [-0.2, -0.15) is 0 Å². The predicted octanol–water partition coefficient (Wildman–Crippen LogP) is 7.45. The molecule has 1 aliphatic heterocycles. The summed E-state index contributed by atoms with van der Waals surface area (Å²) >= 11 is 1.62. The third-order valence-corrected chi connectivity index (χ3v) is 7.12. The highest BCUT2D eigenvalue weighted by atomic mass is 32.1. The maximum absolute atomic E-state index is 13.2. The summed E-state index contributed by atoms with van der Waals surface area (Å²) in [6.45, 7) is 2.08. The molecule has 3 aromatic carbocycles. The fraction of sp³-hybridized carbons (Fsp3) is 0.129. The van der Waals surface area contributed by atoms with Crippen molar-refractivity contribution in [3.8, 4) is 17.2 Å². The molecular formula is C31H26O4S. The molecule has 0 fully saturated rings. The molecule has 4 aromatic rings. The van der Waals surface area contributed by atoms with E-state index >= 15 is 0 Å². The van der Waals surface area contributed by atoms with Crippen molar-refractivity contribution in [1.29, 1.82) is 0 Å². The maximum Gasteiger partial charge on any atom is 0.185 e. The molecule has 36 heavy (non-hydrogen) atoms. The van der Waals surface area contributed by atoms with Gasteiger partial charge in [0.15, 0.2) is 17.3 Å². The van der Waals surface area contributed by atoms with E-state index in [4.69, 9.17) is 14.2 Å². The van der Waals surface area contributed by atoms with Crippen LogP contribution in [0.2, 0.25) is 0 Å². The minimum Gasteiger partial charge on any atom is -0.493 e. The number of ketones is 1. The van der Waals surface area contributed by atoms with E-state index in [1.807, 2.05) is 41.8 Å². The monoisotopic (exact) mass is 494 g/mol. The SMILES string of the molecule is COc1ccc(C(=O)C=CC2=C(c3cccs3)Oc3ccccc3C2c2ccc(C)cc2)cc1OC. The topological polar surface area (TPSA) is 44.8 Å². The second kappa shape index (κ2) is 10.3. The lowest BCUT2D eigenvalue weighted by Gasteiger charge is -2.30. The Balaban J connectivity index is 1.62. The van der Waals surface area contributed by atoms with Gasteiger partial charge in [0.1, 0.15) is 11.5 Å². The lowest BCUT2D eigenvalue weighted by molar-refractivity contribution is 0.104. The molecule has 5 rings (SSSR count). The molecule has 1 unspecified atom stereocenters. The van der Waals surface area contributed by atoms with Crippen LogP contribution in [0.25, 0.3) is 5.76 Å². The van der Waals surface area contributed by atoms with Crippen LogP contribution in [0.5, 0.6) is 17.2 Å². The minimum absolute atomic E-state index is 0.0814. The van der Waals surface area contributed by atoms with Gasteiger partial charge in [0.25, 0.3) is 0 Å². The van der Waals surface area contributed by atoms with Crippen LogP contribution >= 0.6 is 11.3 Å². The quantitative estimate of drug-likeness (QED) is 0.198. The number of hydrogen-bond acceptors (Lipinski definition) is 5. The zero-order valence-electron chi connectivity index (χ0n) is 20.4. The van der Waals surface area contributed by atoms with E-state index < -0.39 is 0 Å². The van der Waals surface area contributed by atoms with Crippen LogP contribution in [-0.4, -0.2) is 20.0 Å². The molecule has 5 heteroatoms. The molecule has 4 nitrogen and oxygen atoms in total. The fourth-order valence-corrected chi connectivity index (χ4v) is 5.15. The average Bonchev–Trinajstić information content (AvgIpc) is 3.46. The van der Waals surface area contributed by atoms with Gasteiger partial charge in [-0.15, -0.1) is 11.3 Å². The molecule has 1 aromatic heterocycles. The number of hydrogen-bond donors (Lipinski definition) is 0. The van der Waals surface area contributed by atoms with E-state index in [-0.39, 0.29) is 11.7 Å². The van der Waals surface area contributed by atoms with Crippen LogP contribution in [-0.2, 0) is 0 Å². The predicted molar refractivity (Wildman–Crippen MR) is 144 cm³/mol. The number of ether oxygens (including phenoxy) is 3. The molecule has 2 heterocycles. The highest BCUT2D eigenvalue weighted by molar-refractivity contribution is 7.11. The van der Waals surface area contributed by atoms with E-state index in [0.717, 1.165) is 33.1 Å². The molecule has 1 atom stereocenters. The Morgan fingerprint density at radius 1 is 0.917 bits per heavy atom. The van der Waals surface area contributed by atoms with Crippen molar-refractivity contribution in [3.63, 3.8) is 0 Å². The van der Waals surface area contributed by atoms with Crippen LogP contribution in [0.4, 0.5) is 0 Å². The second-order valence-corrected chi connectivity index (χ2v) is 9.46. The average molecular weight is 495 g/mol. The normalized spacial score (nSPS) is 14.9. The van der Waals surface area contributed by atoms with Crippen LogP contribution < -0.4 is 14.2 Å². The van der Waals surface area contributed by atoms with E-state index in [9.17, 15) is 4.79 Å². The summed E-state index contributed by atoms with van der Waals surface area (Å²) in [5.41, 5.74) is 4.87. The first-order valence-electron chi connectivity index (χ1n) is 11.6. The molecule has 0 N–H and O–H groups in total. The third kappa shape index (κ3) is 4.58. The third-order valence-electron chi connectivity index (χ3n) is 6.25. The Bertz CT molecular complexity index is 1450.